The largest absolute Gasteiger partial charge is 0.488 e. The van der Waals surface area contributed by atoms with Gasteiger partial charge < -0.3 is 4.74 Å². The summed E-state index contributed by atoms with van der Waals surface area (Å²) in [5, 5.41) is 2.18. The number of benzene rings is 3. The minimum atomic E-state index is -0.435. The van der Waals surface area contributed by atoms with Crippen LogP contribution in [0.4, 0.5) is 0 Å². The van der Waals surface area contributed by atoms with Crippen LogP contribution < -0.4 is 10.2 Å². The molecule has 3 aromatic rings. The molecule has 1 N–H and O–H groups in total. The Kier molecular flexibility index (Phi) is 7.35. The summed E-state index contributed by atoms with van der Waals surface area (Å²) in [5.74, 6) is -0.325. The molecule has 166 valence electrons. The predicted molar refractivity (Wildman–Crippen MR) is 136 cm³/mol. The van der Waals surface area contributed by atoms with E-state index in [1.165, 1.54) is 0 Å². The highest BCUT2D eigenvalue weighted by Crippen LogP contribution is 2.34. The molecular formula is C24H16Cl2N2O3S2. The quantitative estimate of drug-likeness (QED) is 0.317. The fraction of sp³-hybridized carbons (Fsp3) is 0.0417. The summed E-state index contributed by atoms with van der Waals surface area (Å²) in [4.78, 5) is 25.7. The van der Waals surface area contributed by atoms with Gasteiger partial charge >= 0.3 is 0 Å². The Labute approximate surface area is 210 Å². The lowest BCUT2D eigenvalue weighted by molar-refractivity contribution is -0.123. The molecular weight excluding hydrogens is 499 g/mol. The molecule has 4 rings (SSSR count). The van der Waals surface area contributed by atoms with Crippen LogP contribution >= 0.6 is 47.2 Å². The van der Waals surface area contributed by atoms with Crippen molar-refractivity contribution in [3.05, 3.63) is 104 Å². The fourth-order valence-electron chi connectivity index (χ4n) is 3.01. The molecule has 0 bridgehead atoms. The molecule has 1 heterocycles. The van der Waals surface area contributed by atoms with E-state index in [0.29, 0.717) is 31.8 Å². The van der Waals surface area contributed by atoms with E-state index in [1.807, 2.05) is 18.2 Å². The number of hydrazine groups is 1. The van der Waals surface area contributed by atoms with Gasteiger partial charge in [-0.3, -0.25) is 15.0 Å². The first-order chi connectivity index (χ1) is 15.9. The summed E-state index contributed by atoms with van der Waals surface area (Å²) < 4.78 is 6.18. The van der Waals surface area contributed by atoms with E-state index in [0.717, 1.165) is 22.3 Å². The van der Waals surface area contributed by atoms with Gasteiger partial charge in [0.1, 0.15) is 12.4 Å². The highest BCUT2D eigenvalue weighted by Gasteiger charge is 2.34. The number of rotatable bonds is 6. The van der Waals surface area contributed by atoms with Crippen LogP contribution in [0, 0.1) is 0 Å². The molecule has 1 aliphatic rings. The van der Waals surface area contributed by atoms with Crippen molar-refractivity contribution in [3.8, 4) is 5.75 Å². The predicted octanol–water partition coefficient (Wildman–Crippen LogP) is 6.12. The maximum atomic E-state index is 12.9. The van der Waals surface area contributed by atoms with E-state index in [9.17, 15) is 9.59 Å². The topological polar surface area (TPSA) is 58.6 Å². The minimum Gasteiger partial charge on any atom is -0.488 e. The Hall–Kier alpha value is -2.84. The number of thiocarbonyl (C=S) groups is 1. The third kappa shape index (κ3) is 5.75. The first kappa shape index (κ1) is 23.3. The Morgan fingerprint density at radius 3 is 2.55 bits per heavy atom. The molecule has 1 fully saturated rings. The van der Waals surface area contributed by atoms with E-state index in [2.05, 4.69) is 5.43 Å². The molecule has 0 aliphatic carbocycles. The molecule has 5 nitrogen and oxygen atoms in total. The van der Waals surface area contributed by atoms with Crippen molar-refractivity contribution in [2.45, 2.75) is 6.61 Å². The Morgan fingerprint density at radius 2 is 1.79 bits per heavy atom. The van der Waals surface area contributed by atoms with Gasteiger partial charge in [-0.15, -0.1) is 0 Å². The van der Waals surface area contributed by atoms with Crippen molar-refractivity contribution in [2.24, 2.45) is 0 Å². The average Bonchev–Trinajstić information content (AvgIpc) is 3.06. The Morgan fingerprint density at radius 1 is 1.03 bits per heavy atom. The number of hydrogen-bond acceptors (Lipinski definition) is 5. The van der Waals surface area contributed by atoms with Crippen LogP contribution in [0.3, 0.4) is 0 Å². The Balaban J connectivity index is 1.53. The van der Waals surface area contributed by atoms with Crippen LogP contribution in [-0.4, -0.2) is 21.1 Å². The molecule has 0 atom stereocenters. The monoisotopic (exact) mass is 514 g/mol. The van der Waals surface area contributed by atoms with Gasteiger partial charge in [-0.05, 0) is 66.3 Å². The van der Waals surface area contributed by atoms with Crippen LogP contribution in [0.15, 0.2) is 77.7 Å². The third-order valence-electron chi connectivity index (χ3n) is 4.58. The van der Waals surface area contributed by atoms with Gasteiger partial charge in [0, 0.05) is 21.2 Å². The number of nitrogens with one attached hydrogen (secondary N) is 1. The van der Waals surface area contributed by atoms with E-state index in [-0.39, 0.29) is 10.9 Å². The maximum Gasteiger partial charge on any atom is 0.285 e. The van der Waals surface area contributed by atoms with Crippen molar-refractivity contribution in [1.82, 2.24) is 10.4 Å². The van der Waals surface area contributed by atoms with Gasteiger partial charge in [-0.25, -0.2) is 0 Å². The number of amides is 2. The average molecular weight is 515 g/mol. The second-order valence-corrected chi connectivity index (χ2v) is 9.47. The van der Waals surface area contributed by atoms with Gasteiger partial charge in [0.05, 0.1) is 4.91 Å². The number of nitrogens with zero attached hydrogens (tertiary/aromatic N) is 1. The molecule has 2 amide bonds. The number of carbonyl (C=O) groups excluding carboxylic acids is 2. The zero-order valence-corrected chi connectivity index (χ0v) is 20.1. The minimum absolute atomic E-state index is 0.221. The SMILES string of the molecule is O=C(NN1C(=O)/C(=C\c2cc(Cl)ccc2OCc2cccc(Cl)c2)SC1=S)c1ccccc1. The number of carbonyl (C=O) groups is 2. The van der Waals surface area contributed by atoms with E-state index in [4.69, 9.17) is 40.2 Å². The third-order valence-corrected chi connectivity index (χ3v) is 6.36. The number of thioether (sulfide) groups is 1. The van der Waals surface area contributed by atoms with Crippen LogP contribution in [0.25, 0.3) is 6.08 Å². The molecule has 33 heavy (non-hydrogen) atoms. The van der Waals surface area contributed by atoms with Crippen molar-refractivity contribution in [3.63, 3.8) is 0 Å². The number of hydrogen-bond donors (Lipinski definition) is 1. The van der Waals surface area contributed by atoms with Crippen molar-refractivity contribution >= 4 is 69.4 Å². The number of halogens is 2. The summed E-state index contributed by atoms with van der Waals surface area (Å²) in [6.07, 6.45) is 1.65. The van der Waals surface area contributed by atoms with Gasteiger partial charge in [0.25, 0.3) is 11.8 Å². The summed E-state index contributed by atoms with van der Waals surface area (Å²) >= 11 is 18.6. The second-order valence-electron chi connectivity index (χ2n) is 6.92. The summed E-state index contributed by atoms with van der Waals surface area (Å²) in [6.45, 7) is 0.289. The van der Waals surface area contributed by atoms with E-state index < -0.39 is 11.8 Å². The molecule has 0 aromatic heterocycles. The highest BCUT2D eigenvalue weighted by molar-refractivity contribution is 8.26. The van der Waals surface area contributed by atoms with Crippen molar-refractivity contribution in [1.29, 1.82) is 0 Å². The summed E-state index contributed by atoms with van der Waals surface area (Å²) in [6, 6.07) is 21.1. The fourth-order valence-corrected chi connectivity index (χ4v) is 4.58. The summed E-state index contributed by atoms with van der Waals surface area (Å²) in [7, 11) is 0. The van der Waals surface area contributed by atoms with Crippen LogP contribution in [0.2, 0.25) is 10.0 Å². The van der Waals surface area contributed by atoms with Gasteiger partial charge in [0.2, 0.25) is 0 Å². The van der Waals surface area contributed by atoms with Gasteiger partial charge in [-0.2, -0.15) is 5.01 Å². The molecule has 0 saturated carbocycles. The second kappa shape index (κ2) is 10.4. The zero-order chi connectivity index (χ0) is 23.4. The molecule has 0 spiro atoms. The molecule has 1 saturated heterocycles. The lowest BCUT2D eigenvalue weighted by Crippen LogP contribution is -2.44. The molecule has 3 aromatic carbocycles. The molecule has 0 unspecified atom stereocenters. The molecule has 9 heteroatoms. The van der Waals surface area contributed by atoms with Gasteiger partial charge in [0.15, 0.2) is 4.32 Å². The van der Waals surface area contributed by atoms with E-state index in [1.54, 1.807) is 60.7 Å². The Bertz CT molecular complexity index is 1270. The van der Waals surface area contributed by atoms with Crippen LogP contribution in [-0.2, 0) is 11.4 Å². The first-order valence-corrected chi connectivity index (χ1v) is 11.7. The molecule has 1 aliphatic heterocycles. The molecule has 0 radical (unpaired) electrons. The standard InChI is InChI=1S/C24H16Cl2N2O3S2/c25-18-8-4-5-15(11-18)14-31-20-10-9-19(26)12-17(20)13-21-23(30)28(24(32)33-21)27-22(29)16-6-2-1-3-7-16/h1-13H,14H2,(H,27,29)/b21-13+. The number of ether oxygens (including phenoxy) is 1. The summed E-state index contributed by atoms with van der Waals surface area (Å²) in [5.41, 5.74) is 4.49. The van der Waals surface area contributed by atoms with Gasteiger partial charge in [-0.1, -0.05) is 65.3 Å². The lowest BCUT2D eigenvalue weighted by Gasteiger charge is -2.15. The van der Waals surface area contributed by atoms with Crippen LogP contribution in [0.5, 0.6) is 5.75 Å². The zero-order valence-electron chi connectivity index (χ0n) is 17.0. The lowest BCUT2D eigenvalue weighted by atomic mass is 10.1. The van der Waals surface area contributed by atoms with E-state index >= 15 is 0 Å². The smallest absolute Gasteiger partial charge is 0.285 e. The maximum absolute atomic E-state index is 12.9. The van der Waals surface area contributed by atoms with Crippen LogP contribution in [0.1, 0.15) is 21.5 Å². The first-order valence-electron chi connectivity index (χ1n) is 9.71. The van der Waals surface area contributed by atoms with Crippen molar-refractivity contribution < 1.29 is 14.3 Å². The van der Waals surface area contributed by atoms with Crippen molar-refractivity contribution in [2.75, 3.05) is 0 Å². The highest BCUT2D eigenvalue weighted by atomic mass is 35.5. The normalized spacial score (nSPS) is 14.6.